The molecule has 322 valence electrons. The third-order valence-electron chi connectivity index (χ3n) is 14.1. The van der Waals surface area contributed by atoms with Gasteiger partial charge in [-0.15, -0.1) is 11.3 Å². The number of para-hydroxylation sites is 2. The minimum Gasteiger partial charge on any atom is -0.454 e. The number of thiophene rings is 1. The smallest absolute Gasteiger partial charge is 0.159 e. The van der Waals surface area contributed by atoms with Crippen LogP contribution in [0.4, 0.5) is 17.1 Å². The summed E-state index contributed by atoms with van der Waals surface area (Å²) in [5, 5.41) is 14.6. The second-order valence-corrected chi connectivity index (χ2v) is 19.0. The fourth-order valence-corrected chi connectivity index (χ4v) is 12.1. The van der Waals surface area contributed by atoms with Crippen LogP contribution in [0.1, 0.15) is 0 Å². The molecule has 3 heteroatoms. The average molecular weight is 896 g/mol. The van der Waals surface area contributed by atoms with Crippen molar-refractivity contribution in [1.82, 2.24) is 0 Å². The zero-order valence-electron chi connectivity index (χ0n) is 37.4. The molecule has 0 amide bonds. The van der Waals surface area contributed by atoms with Crippen LogP contribution in [0, 0.1) is 0 Å². The summed E-state index contributed by atoms with van der Waals surface area (Å²) in [5.41, 5.74) is 9.75. The van der Waals surface area contributed by atoms with E-state index in [2.05, 4.69) is 254 Å². The van der Waals surface area contributed by atoms with Gasteiger partial charge < -0.3 is 9.64 Å². The van der Waals surface area contributed by atoms with Crippen molar-refractivity contribution in [2.45, 2.75) is 0 Å². The first kappa shape index (κ1) is 39.4. The zero-order valence-corrected chi connectivity index (χ0v) is 38.3. The van der Waals surface area contributed by atoms with E-state index in [1.807, 2.05) is 11.3 Å². The van der Waals surface area contributed by atoms with Gasteiger partial charge in [0.25, 0.3) is 0 Å². The first-order valence-corrected chi connectivity index (χ1v) is 24.4. The molecule has 14 rings (SSSR count). The molecular weight excluding hydrogens is 855 g/mol. The first-order chi connectivity index (χ1) is 34.2. The van der Waals surface area contributed by atoms with Crippen LogP contribution in [0.15, 0.2) is 249 Å². The molecule has 0 aliphatic carbocycles. The lowest BCUT2D eigenvalue weighted by atomic mass is 9.93. The third kappa shape index (κ3) is 6.39. The Labute approximate surface area is 403 Å². The van der Waals surface area contributed by atoms with Gasteiger partial charge in [-0.05, 0) is 131 Å². The van der Waals surface area contributed by atoms with E-state index in [4.69, 9.17) is 4.74 Å². The van der Waals surface area contributed by atoms with E-state index in [1.165, 1.54) is 74.2 Å². The van der Waals surface area contributed by atoms with Crippen molar-refractivity contribution >= 4 is 102 Å². The minimum absolute atomic E-state index is 0.810. The van der Waals surface area contributed by atoms with Gasteiger partial charge in [0, 0.05) is 42.7 Å². The number of anilines is 3. The lowest BCUT2D eigenvalue weighted by Crippen LogP contribution is -2.11. The molecule has 0 fully saturated rings. The molecule has 0 bridgehead atoms. The lowest BCUT2D eigenvalue weighted by Gasteiger charge is -2.29. The average Bonchev–Trinajstić information content (AvgIpc) is 3.71. The van der Waals surface area contributed by atoms with E-state index in [0.717, 1.165) is 61.8 Å². The highest BCUT2D eigenvalue weighted by molar-refractivity contribution is 7.25. The number of rotatable bonds is 4. The summed E-state index contributed by atoms with van der Waals surface area (Å²) in [4.78, 5) is 2.40. The Morgan fingerprint density at radius 1 is 0.275 bits per heavy atom. The predicted octanol–water partition coefficient (Wildman–Crippen LogP) is 19.5. The largest absolute Gasteiger partial charge is 0.454 e. The number of fused-ring (bicyclic) bond motifs is 18. The van der Waals surface area contributed by atoms with E-state index in [0.29, 0.717) is 0 Å². The van der Waals surface area contributed by atoms with Gasteiger partial charge >= 0.3 is 0 Å². The molecule has 0 radical (unpaired) electrons. The molecule has 13 aromatic rings. The highest BCUT2D eigenvalue weighted by Crippen LogP contribution is 2.53. The maximum atomic E-state index is 7.22. The molecule has 2 nitrogen and oxygen atoms in total. The Morgan fingerprint density at radius 2 is 0.754 bits per heavy atom. The molecule has 0 saturated carbocycles. The van der Waals surface area contributed by atoms with Gasteiger partial charge in [-0.2, -0.15) is 0 Å². The van der Waals surface area contributed by atoms with Crippen molar-refractivity contribution in [1.29, 1.82) is 0 Å². The van der Waals surface area contributed by atoms with Crippen molar-refractivity contribution < 1.29 is 4.74 Å². The maximum Gasteiger partial charge on any atom is 0.159 e. The molecule has 12 aromatic carbocycles. The Balaban J connectivity index is 1.14. The van der Waals surface area contributed by atoms with Gasteiger partial charge in [0.1, 0.15) is 5.75 Å². The predicted molar refractivity (Wildman–Crippen MR) is 296 cm³/mol. The van der Waals surface area contributed by atoms with Crippen LogP contribution < -0.4 is 9.64 Å². The highest BCUT2D eigenvalue weighted by Gasteiger charge is 2.27. The molecular formula is C66H41NOS. The van der Waals surface area contributed by atoms with Gasteiger partial charge in [0.2, 0.25) is 0 Å². The highest BCUT2D eigenvalue weighted by atomic mass is 32.1. The van der Waals surface area contributed by atoms with E-state index < -0.39 is 0 Å². The Morgan fingerprint density at radius 3 is 1.43 bits per heavy atom. The van der Waals surface area contributed by atoms with Crippen molar-refractivity contribution in [3.8, 4) is 44.9 Å². The van der Waals surface area contributed by atoms with Crippen molar-refractivity contribution in [3.05, 3.63) is 249 Å². The first-order valence-electron chi connectivity index (χ1n) is 23.6. The van der Waals surface area contributed by atoms with Crippen LogP contribution in [-0.4, -0.2) is 0 Å². The summed E-state index contributed by atoms with van der Waals surface area (Å²) in [6.07, 6.45) is 0. The van der Waals surface area contributed by atoms with Crippen molar-refractivity contribution in [2.24, 2.45) is 0 Å². The van der Waals surface area contributed by atoms with E-state index in [9.17, 15) is 0 Å². The van der Waals surface area contributed by atoms with Crippen LogP contribution in [0.5, 0.6) is 11.5 Å². The minimum atomic E-state index is 0.810. The van der Waals surface area contributed by atoms with Crippen LogP contribution in [0.2, 0.25) is 0 Å². The van der Waals surface area contributed by atoms with Gasteiger partial charge in [0.15, 0.2) is 5.75 Å². The van der Waals surface area contributed by atoms with E-state index >= 15 is 0 Å². The quantitative estimate of drug-likeness (QED) is 0.175. The van der Waals surface area contributed by atoms with Crippen LogP contribution in [0.25, 0.3) is 107 Å². The standard InChI is InChI=1S/C66H41NOS/c1-2-17-42(18-3-1)43-33-35-44(36-34-43)67(62-30-16-29-57-52-25-10-9-24-51(52)55-27-12-14-31-63(55)68-66(57)62)45-37-38-54-50-23-7-6-21-48(50)46-19-4-5-20-47(46)49-22-8-11-26-53(49)59-40-61-56-28-13-15-32-64(56)69-65(61)41-60(59)58(54)39-45/h1-41H. The molecule has 0 atom stereocenters. The molecule has 2 heterocycles. The SMILES string of the molecule is c1ccc(-c2ccc(N(c3ccc4c5ccccc5c5ccccc5c5ccccc5c5cc6c(cc5c4c3)sc3ccccc36)c3cccc4c3Oc3ccccc3-c3ccccc3-4)cc2)cc1. The summed E-state index contributed by atoms with van der Waals surface area (Å²) < 4.78 is 9.78. The van der Waals surface area contributed by atoms with Crippen LogP contribution in [-0.2, 0) is 0 Å². The van der Waals surface area contributed by atoms with Gasteiger partial charge in [-0.1, -0.05) is 194 Å². The number of hydrogen-bond donors (Lipinski definition) is 0. The van der Waals surface area contributed by atoms with Crippen molar-refractivity contribution in [3.63, 3.8) is 0 Å². The molecule has 0 N–H and O–H groups in total. The summed E-state index contributed by atoms with van der Waals surface area (Å²) in [7, 11) is 0. The molecule has 0 unspecified atom stereocenters. The summed E-state index contributed by atoms with van der Waals surface area (Å²) in [6, 6.07) is 91.0. The lowest BCUT2D eigenvalue weighted by molar-refractivity contribution is 0.489. The summed E-state index contributed by atoms with van der Waals surface area (Å²) in [6.45, 7) is 0. The topological polar surface area (TPSA) is 12.5 Å². The number of hydrogen-bond acceptors (Lipinski definition) is 3. The summed E-state index contributed by atoms with van der Waals surface area (Å²) in [5.74, 6) is 1.64. The molecule has 0 spiro atoms. The Hall–Kier alpha value is -8.76. The molecule has 69 heavy (non-hydrogen) atoms. The van der Waals surface area contributed by atoms with Crippen LogP contribution in [0.3, 0.4) is 0 Å². The number of ether oxygens (including phenoxy) is 1. The molecule has 1 aliphatic heterocycles. The monoisotopic (exact) mass is 895 g/mol. The number of benzene rings is 11. The fourth-order valence-electron chi connectivity index (χ4n) is 10.9. The second kappa shape index (κ2) is 16.0. The third-order valence-corrected chi connectivity index (χ3v) is 15.2. The maximum absolute atomic E-state index is 7.22. The zero-order chi connectivity index (χ0) is 45.4. The van der Waals surface area contributed by atoms with Gasteiger partial charge in [0.05, 0.1) is 5.69 Å². The normalized spacial score (nSPS) is 11.9. The Bertz CT molecular complexity index is 4280. The van der Waals surface area contributed by atoms with Crippen molar-refractivity contribution in [2.75, 3.05) is 4.90 Å². The summed E-state index contributed by atoms with van der Waals surface area (Å²) >= 11 is 1.87. The van der Waals surface area contributed by atoms with Gasteiger partial charge in [-0.3, -0.25) is 0 Å². The van der Waals surface area contributed by atoms with Gasteiger partial charge in [-0.25, -0.2) is 0 Å². The fraction of sp³-hybridized carbons (Fsp3) is 0. The molecule has 1 aliphatic rings. The number of nitrogens with zero attached hydrogens (tertiary/aromatic N) is 1. The Kier molecular flexibility index (Phi) is 9.11. The van der Waals surface area contributed by atoms with E-state index in [1.54, 1.807) is 0 Å². The molecule has 1 aromatic heterocycles. The van der Waals surface area contributed by atoms with Crippen LogP contribution >= 0.6 is 11.3 Å². The van der Waals surface area contributed by atoms with E-state index in [-0.39, 0.29) is 0 Å². The molecule has 0 saturated heterocycles. The second-order valence-electron chi connectivity index (χ2n) is 17.9.